The van der Waals surface area contributed by atoms with Crippen LogP contribution in [0.5, 0.6) is 0 Å². The summed E-state index contributed by atoms with van der Waals surface area (Å²) in [5, 5.41) is 5.41. The minimum absolute atomic E-state index is 0. The average molecular weight is 237 g/mol. The van der Waals surface area contributed by atoms with Crippen LogP contribution in [-0.2, 0) is 0 Å². The van der Waals surface area contributed by atoms with E-state index in [2.05, 4.69) is 10.3 Å². The van der Waals surface area contributed by atoms with Gasteiger partial charge in [0.25, 0.3) is 0 Å². The van der Waals surface area contributed by atoms with Crippen LogP contribution in [0.15, 0.2) is 15.9 Å². The maximum atomic E-state index is 4.24. The molecule has 1 fully saturated rings. The van der Waals surface area contributed by atoms with Gasteiger partial charge in [-0.1, -0.05) is 11.8 Å². The van der Waals surface area contributed by atoms with Crippen molar-refractivity contribution in [3.63, 3.8) is 0 Å². The Balaban J connectivity index is 0.000000845. The number of thioether (sulfide) groups is 1. The maximum Gasteiger partial charge on any atom is 0.149 e. The number of nitrogens with one attached hydrogen (secondary N) is 1. The van der Waals surface area contributed by atoms with E-state index in [1.165, 1.54) is 29.6 Å². The highest BCUT2D eigenvalue weighted by Gasteiger charge is 2.14. The van der Waals surface area contributed by atoms with Gasteiger partial charge < -0.3 is 5.32 Å². The van der Waals surface area contributed by atoms with Crippen LogP contribution < -0.4 is 5.32 Å². The van der Waals surface area contributed by atoms with Crippen molar-refractivity contribution >= 4 is 35.5 Å². The van der Waals surface area contributed by atoms with Crippen molar-refractivity contribution in [2.24, 2.45) is 5.92 Å². The van der Waals surface area contributed by atoms with Crippen LogP contribution in [0.3, 0.4) is 0 Å². The highest BCUT2D eigenvalue weighted by molar-refractivity contribution is 8.01. The molecule has 1 aliphatic rings. The van der Waals surface area contributed by atoms with E-state index in [1.54, 1.807) is 11.3 Å². The van der Waals surface area contributed by atoms with Crippen LogP contribution in [0.2, 0.25) is 0 Å². The van der Waals surface area contributed by atoms with E-state index in [9.17, 15) is 0 Å². The minimum Gasteiger partial charge on any atom is -0.316 e. The second-order valence-corrected chi connectivity index (χ2v) is 5.13. The van der Waals surface area contributed by atoms with Crippen LogP contribution in [0, 0.1) is 5.92 Å². The van der Waals surface area contributed by atoms with Crippen molar-refractivity contribution in [3.05, 3.63) is 11.6 Å². The third-order valence-electron chi connectivity index (χ3n) is 2.01. The Morgan fingerprint density at radius 2 is 2.62 bits per heavy atom. The lowest BCUT2D eigenvalue weighted by molar-refractivity contribution is 0.662. The van der Waals surface area contributed by atoms with Crippen LogP contribution in [0.25, 0.3) is 0 Å². The predicted molar refractivity (Wildman–Crippen MR) is 61.1 cm³/mol. The molecule has 1 unspecified atom stereocenters. The van der Waals surface area contributed by atoms with Gasteiger partial charge in [-0.15, -0.1) is 23.7 Å². The summed E-state index contributed by atoms with van der Waals surface area (Å²) in [5.74, 6) is 2.08. The Morgan fingerprint density at radius 1 is 1.69 bits per heavy atom. The van der Waals surface area contributed by atoms with E-state index in [1.807, 2.05) is 23.3 Å². The summed E-state index contributed by atoms with van der Waals surface area (Å²) in [5.41, 5.74) is 0. The molecule has 0 radical (unpaired) electrons. The third kappa shape index (κ3) is 3.46. The van der Waals surface area contributed by atoms with Crippen molar-refractivity contribution in [3.8, 4) is 0 Å². The van der Waals surface area contributed by atoms with Gasteiger partial charge in [-0.2, -0.15) is 0 Å². The number of aromatic nitrogens is 1. The average Bonchev–Trinajstić information content (AvgIpc) is 2.74. The SMILES string of the molecule is Cl.c1csc(SCC2CCNC2)n1. The smallest absolute Gasteiger partial charge is 0.149 e. The van der Waals surface area contributed by atoms with E-state index in [0.717, 1.165) is 5.92 Å². The van der Waals surface area contributed by atoms with Crippen LogP contribution >= 0.6 is 35.5 Å². The molecule has 13 heavy (non-hydrogen) atoms. The fourth-order valence-electron chi connectivity index (χ4n) is 1.33. The Bertz CT molecular complexity index is 222. The number of nitrogens with zero attached hydrogens (tertiary/aromatic N) is 1. The molecule has 0 amide bonds. The first kappa shape index (κ1) is 11.3. The molecule has 0 aromatic carbocycles. The van der Waals surface area contributed by atoms with Gasteiger partial charge in [-0.3, -0.25) is 0 Å². The van der Waals surface area contributed by atoms with E-state index in [4.69, 9.17) is 0 Å². The zero-order valence-corrected chi connectivity index (χ0v) is 9.68. The van der Waals surface area contributed by atoms with Gasteiger partial charge in [0.2, 0.25) is 0 Å². The quantitative estimate of drug-likeness (QED) is 0.816. The molecule has 5 heteroatoms. The fraction of sp³-hybridized carbons (Fsp3) is 0.625. The molecule has 1 atom stereocenters. The van der Waals surface area contributed by atoms with Crippen molar-refractivity contribution < 1.29 is 0 Å². The number of halogens is 1. The lowest BCUT2D eigenvalue weighted by Gasteiger charge is -2.04. The summed E-state index contributed by atoms with van der Waals surface area (Å²) in [7, 11) is 0. The molecule has 1 aliphatic heterocycles. The van der Waals surface area contributed by atoms with Gasteiger partial charge in [-0.25, -0.2) is 4.98 Å². The third-order valence-corrected chi connectivity index (χ3v) is 4.21. The highest BCUT2D eigenvalue weighted by atomic mass is 35.5. The standard InChI is InChI=1S/C8H12N2S2.ClH/c1-2-9-5-7(1)6-12-8-10-3-4-11-8;/h3-4,7,9H,1-2,5-6H2;1H. The fourth-order valence-corrected chi connectivity index (χ4v) is 3.13. The van der Waals surface area contributed by atoms with Crippen LogP contribution in [0.4, 0.5) is 0 Å². The number of hydrogen-bond acceptors (Lipinski definition) is 4. The summed E-state index contributed by atoms with van der Waals surface area (Å²) in [6, 6.07) is 0. The molecule has 1 saturated heterocycles. The Morgan fingerprint density at radius 3 is 3.23 bits per heavy atom. The van der Waals surface area contributed by atoms with Crippen molar-refractivity contribution in [1.29, 1.82) is 0 Å². The summed E-state index contributed by atoms with van der Waals surface area (Å²) in [4.78, 5) is 4.24. The summed E-state index contributed by atoms with van der Waals surface area (Å²) < 4.78 is 1.21. The van der Waals surface area contributed by atoms with E-state index in [0.29, 0.717) is 0 Å². The van der Waals surface area contributed by atoms with Crippen molar-refractivity contribution in [1.82, 2.24) is 10.3 Å². The lowest BCUT2D eigenvalue weighted by atomic mass is 10.2. The molecule has 0 saturated carbocycles. The molecule has 1 aromatic heterocycles. The Hall–Kier alpha value is 0.230. The number of rotatable bonds is 3. The van der Waals surface area contributed by atoms with Gasteiger partial charge in [0.15, 0.2) is 0 Å². The molecule has 1 N–H and O–H groups in total. The van der Waals surface area contributed by atoms with Crippen LogP contribution in [-0.4, -0.2) is 23.8 Å². The predicted octanol–water partition coefficient (Wildman–Crippen LogP) is 2.27. The molecule has 0 aliphatic carbocycles. The van der Waals surface area contributed by atoms with E-state index < -0.39 is 0 Å². The normalized spacial score (nSPS) is 21.4. The van der Waals surface area contributed by atoms with Gasteiger partial charge in [0.05, 0.1) is 0 Å². The monoisotopic (exact) mass is 236 g/mol. The molecular formula is C8H13ClN2S2. The lowest BCUT2D eigenvalue weighted by Crippen LogP contribution is -2.10. The summed E-state index contributed by atoms with van der Waals surface area (Å²) in [6.07, 6.45) is 3.21. The Labute approximate surface area is 92.9 Å². The maximum absolute atomic E-state index is 4.24. The molecule has 2 rings (SSSR count). The van der Waals surface area contributed by atoms with Crippen molar-refractivity contribution in [2.75, 3.05) is 18.8 Å². The Kier molecular flexibility index (Phi) is 5.09. The van der Waals surface area contributed by atoms with E-state index in [-0.39, 0.29) is 12.4 Å². The van der Waals surface area contributed by atoms with Gasteiger partial charge >= 0.3 is 0 Å². The van der Waals surface area contributed by atoms with E-state index >= 15 is 0 Å². The minimum atomic E-state index is 0. The van der Waals surface area contributed by atoms with Gasteiger partial charge in [0, 0.05) is 17.3 Å². The number of thiazole rings is 1. The van der Waals surface area contributed by atoms with Gasteiger partial charge in [-0.05, 0) is 25.4 Å². The zero-order chi connectivity index (χ0) is 8.23. The highest BCUT2D eigenvalue weighted by Crippen LogP contribution is 2.24. The second-order valence-electron chi connectivity index (χ2n) is 2.97. The van der Waals surface area contributed by atoms with Crippen LogP contribution in [0.1, 0.15) is 6.42 Å². The first-order chi connectivity index (χ1) is 5.95. The molecule has 2 heterocycles. The van der Waals surface area contributed by atoms with Crippen molar-refractivity contribution in [2.45, 2.75) is 10.8 Å². The molecule has 1 aromatic rings. The topological polar surface area (TPSA) is 24.9 Å². The zero-order valence-electron chi connectivity index (χ0n) is 7.23. The molecule has 0 spiro atoms. The number of hydrogen-bond donors (Lipinski definition) is 1. The molecule has 2 nitrogen and oxygen atoms in total. The molecule has 0 bridgehead atoms. The second kappa shape index (κ2) is 5.86. The molecule has 74 valence electrons. The summed E-state index contributed by atoms with van der Waals surface area (Å²) >= 11 is 3.63. The summed E-state index contributed by atoms with van der Waals surface area (Å²) in [6.45, 7) is 2.39. The molecular weight excluding hydrogens is 224 g/mol. The first-order valence-electron chi connectivity index (χ1n) is 4.18. The first-order valence-corrected chi connectivity index (χ1v) is 6.04. The largest absolute Gasteiger partial charge is 0.316 e. The van der Waals surface area contributed by atoms with Gasteiger partial charge in [0.1, 0.15) is 4.34 Å².